The molecule has 0 unspecified atom stereocenters. The van der Waals surface area contributed by atoms with E-state index in [2.05, 4.69) is 15.9 Å². The molecule has 1 saturated heterocycles. The monoisotopic (exact) mass is 327 g/mol. The lowest BCUT2D eigenvalue weighted by atomic mass is 10.1. The Hall–Kier alpha value is -1.40. The number of aliphatic carboxylic acids is 1. The minimum Gasteiger partial charge on any atom is -0.479 e. The number of benzene rings is 1. The maximum absolute atomic E-state index is 12.4. The normalized spacial score (nSPS) is 19.3. The molecule has 0 spiro atoms. The number of hydrogen-bond acceptors (Lipinski definition) is 3. The predicted octanol–water partition coefficient (Wildman–Crippen LogP) is 1.68. The number of carbonyl (C=O) groups excluding carboxylic acids is 1. The molecule has 1 aromatic carbocycles. The highest BCUT2D eigenvalue weighted by Gasteiger charge is 2.29. The SMILES string of the molecule is Cc1ccc(Br)cc1C(=O)N1CCO[C@H](C(=O)O)C1. The molecule has 0 saturated carbocycles. The Morgan fingerprint density at radius 2 is 2.21 bits per heavy atom. The number of rotatable bonds is 2. The first-order chi connectivity index (χ1) is 8.99. The zero-order chi connectivity index (χ0) is 14.0. The van der Waals surface area contributed by atoms with E-state index in [1.165, 1.54) is 4.90 Å². The molecular formula is C13H14BrNO4. The fourth-order valence-corrected chi connectivity index (χ4v) is 2.34. The minimum atomic E-state index is -1.04. The second-order valence-electron chi connectivity index (χ2n) is 4.41. The van der Waals surface area contributed by atoms with Gasteiger partial charge in [-0.25, -0.2) is 4.79 Å². The minimum absolute atomic E-state index is 0.0835. The number of carbonyl (C=O) groups is 2. The number of carboxylic acids is 1. The molecule has 0 bridgehead atoms. The molecule has 1 fully saturated rings. The van der Waals surface area contributed by atoms with Gasteiger partial charge in [-0.15, -0.1) is 0 Å². The van der Waals surface area contributed by atoms with Crippen LogP contribution in [-0.4, -0.2) is 47.7 Å². The number of ether oxygens (including phenoxy) is 1. The van der Waals surface area contributed by atoms with Crippen molar-refractivity contribution in [2.24, 2.45) is 0 Å². The summed E-state index contributed by atoms with van der Waals surface area (Å²) in [7, 11) is 0. The van der Waals surface area contributed by atoms with Crippen molar-refractivity contribution < 1.29 is 19.4 Å². The lowest BCUT2D eigenvalue weighted by Gasteiger charge is -2.31. The second kappa shape index (κ2) is 5.71. The number of morpholine rings is 1. The number of amides is 1. The molecule has 1 aromatic rings. The lowest BCUT2D eigenvalue weighted by molar-refractivity contribution is -0.154. The van der Waals surface area contributed by atoms with Crippen LogP contribution >= 0.6 is 15.9 Å². The summed E-state index contributed by atoms with van der Waals surface area (Å²) in [4.78, 5) is 24.8. The van der Waals surface area contributed by atoms with Crippen LogP contribution in [0.15, 0.2) is 22.7 Å². The molecule has 0 radical (unpaired) electrons. The molecule has 1 amide bonds. The highest BCUT2D eigenvalue weighted by molar-refractivity contribution is 9.10. The van der Waals surface area contributed by atoms with E-state index in [0.717, 1.165) is 10.0 Å². The summed E-state index contributed by atoms with van der Waals surface area (Å²) >= 11 is 3.33. The van der Waals surface area contributed by atoms with Crippen LogP contribution in [0, 0.1) is 6.92 Å². The fraction of sp³-hybridized carbons (Fsp3) is 0.385. The first-order valence-electron chi connectivity index (χ1n) is 5.89. The van der Waals surface area contributed by atoms with E-state index in [-0.39, 0.29) is 19.1 Å². The lowest BCUT2D eigenvalue weighted by Crippen LogP contribution is -2.48. The molecule has 1 heterocycles. The van der Waals surface area contributed by atoms with Crippen molar-refractivity contribution in [3.05, 3.63) is 33.8 Å². The van der Waals surface area contributed by atoms with Gasteiger partial charge in [-0.1, -0.05) is 22.0 Å². The Labute approximate surface area is 119 Å². The van der Waals surface area contributed by atoms with Crippen LogP contribution in [-0.2, 0) is 9.53 Å². The Morgan fingerprint density at radius 3 is 2.89 bits per heavy atom. The molecule has 0 aromatic heterocycles. The summed E-state index contributed by atoms with van der Waals surface area (Å²) in [5, 5.41) is 8.94. The van der Waals surface area contributed by atoms with Gasteiger partial charge >= 0.3 is 5.97 Å². The van der Waals surface area contributed by atoms with Crippen LogP contribution in [0.4, 0.5) is 0 Å². The van der Waals surface area contributed by atoms with Gasteiger partial charge in [-0.05, 0) is 24.6 Å². The van der Waals surface area contributed by atoms with Crippen molar-refractivity contribution in [2.75, 3.05) is 19.7 Å². The van der Waals surface area contributed by atoms with Crippen molar-refractivity contribution in [2.45, 2.75) is 13.0 Å². The maximum atomic E-state index is 12.4. The molecule has 1 aliphatic rings. The summed E-state index contributed by atoms with van der Waals surface area (Å²) in [5.74, 6) is -1.20. The average Bonchev–Trinajstić information content (AvgIpc) is 2.41. The number of hydrogen-bond donors (Lipinski definition) is 1. The first-order valence-corrected chi connectivity index (χ1v) is 6.68. The largest absolute Gasteiger partial charge is 0.479 e. The van der Waals surface area contributed by atoms with E-state index in [4.69, 9.17) is 9.84 Å². The van der Waals surface area contributed by atoms with Crippen LogP contribution in [0.3, 0.4) is 0 Å². The third-order valence-corrected chi connectivity index (χ3v) is 3.55. The Morgan fingerprint density at radius 1 is 1.47 bits per heavy atom. The number of nitrogens with zero attached hydrogens (tertiary/aromatic N) is 1. The van der Waals surface area contributed by atoms with Crippen molar-refractivity contribution in [1.29, 1.82) is 0 Å². The van der Waals surface area contributed by atoms with Gasteiger partial charge in [0.15, 0.2) is 6.10 Å². The van der Waals surface area contributed by atoms with E-state index in [1.807, 2.05) is 19.1 Å². The molecule has 5 nitrogen and oxygen atoms in total. The number of aryl methyl sites for hydroxylation is 1. The van der Waals surface area contributed by atoms with Crippen LogP contribution in [0.5, 0.6) is 0 Å². The van der Waals surface area contributed by atoms with Crippen LogP contribution < -0.4 is 0 Å². The maximum Gasteiger partial charge on any atom is 0.334 e. The van der Waals surface area contributed by atoms with E-state index in [9.17, 15) is 9.59 Å². The quantitative estimate of drug-likeness (QED) is 0.897. The van der Waals surface area contributed by atoms with Gasteiger partial charge in [0.25, 0.3) is 5.91 Å². The van der Waals surface area contributed by atoms with Crippen molar-refractivity contribution in [1.82, 2.24) is 4.90 Å². The average molecular weight is 328 g/mol. The summed E-state index contributed by atoms with van der Waals surface area (Å²) in [6.45, 7) is 2.60. The first kappa shape index (κ1) is 14.0. The van der Waals surface area contributed by atoms with Crippen LogP contribution in [0.1, 0.15) is 15.9 Å². The third-order valence-electron chi connectivity index (χ3n) is 3.06. The molecular weight excluding hydrogens is 314 g/mol. The number of carboxylic acid groups (broad SMARTS) is 1. The number of halogens is 1. The van der Waals surface area contributed by atoms with Gasteiger partial charge in [0.05, 0.1) is 13.2 Å². The van der Waals surface area contributed by atoms with Crippen molar-refractivity contribution in [3.63, 3.8) is 0 Å². The van der Waals surface area contributed by atoms with E-state index in [1.54, 1.807) is 6.07 Å². The van der Waals surface area contributed by atoms with E-state index >= 15 is 0 Å². The standard InChI is InChI=1S/C13H14BrNO4/c1-8-2-3-9(14)6-10(8)12(16)15-4-5-19-11(7-15)13(17)18/h2-3,6,11H,4-5,7H2,1H3,(H,17,18)/t11-/m0/s1. The summed E-state index contributed by atoms with van der Waals surface area (Å²) < 4.78 is 5.93. The topological polar surface area (TPSA) is 66.8 Å². The van der Waals surface area contributed by atoms with Gasteiger partial charge in [0.1, 0.15) is 0 Å². The van der Waals surface area contributed by atoms with E-state index in [0.29, 0.717) is 12.1 Å². The zero-order valence-electron chi connectivity index (χ0n) is 10.4. The fourth-order valence-electron chi connectivity index (χ4n) is 1.98. The molecule has 0 aliphatic carbocycles. The summed E-state index contributed by atoms with van der Waals surface area (Å²) in [5.41, 5.74) is 1.45. The predicted molar refractivity (Wildman–Crippen MR) is 72.2 cm³/mol. The smallest absolute Gasteiger partial charge is 0.334 e. The summed E-state index contributed by atoms with van der Waals surface area (Å²) in [6, 6.07) is 5.47. The molecule has 1 N–H and O–H groups in total. The molecule has 2 rings (SSSR count). The van der Waals surface area contributed by atoms with Gasteiger partial charge in [-0.2, -0.15) is 0 Å². The Balaban J connectivity index is 2.19. The van der Waals surface area contributed by atoms with Gasteiger partial charge in [-0.3, -0.25) is 4.79 Å². The van der Waals surface area contributed by atoms with Crippen LogP contribution in [0.2, 0.25) is 0 Å². The molecule has 102 valence electrons. The molecule has 1 atom stereocenters. The molecule has 1 aliphatic heterocycles. The van der Waals surface area contributed by atoms with E-state index < -0.39 is 12.1 Å². The highest BCUT2D eigenvalue weighted by Crippen LogP contribution is 2.19. The van der Waals surface area contributed by atoms with Crippen molar-refractivity contribution >= 4 is 27.8 Å². The second-order valence-corrected chi connectivity index (χ2v) is 5.32. The zero-order valence-corrected chi connectivity index (χ0v) is 12.0. The molecule has 19 heavy (non-hydrogen) atoms. The third kappa shape index (κ3) is 3.13. The van der Waals surface area contributed by atoms with Gasteiger partial charge < -0.3 is 14.7 Å². The molecule has 6 heteroatoms. The highest BCUT2D eigenvalue weighted by atomic mass is 79.9. The Kier molecular flexibility index (Phi) is 4.21. The van der Waals surface area contributed by atoms with Gasteiger partial charge in [0.2, 0.25) is 0 Å². The Bertz CT molecular complexity index is 517. The van der Waals surface area contributed by atoms with Gasteiger partial charge in [0, 0.05) is 16.6 Å². The van der Waals surface area contributed by atoms with Crippen molar-refractivity contribution in [3.8, 4) is 0 Å². The van der Waals surface area contributed by atoms with Crippen LogP contribution in [0.25, 0.3) is 0 Å². The summed E-state index contributed by atoms with van der Waals surface area (Å²) in [6.07, 6.45) is -0.940.